The van der Waals surface area contributed by atoms with Crippen molar-refractivity contribution < 1.29 is 24.2 Å². The predicted octanol–water partition coefficient (Wildman–Crippen LogP) is 1.60. The molecule has 0 fully saturated rings. The van der Waals surface area contributed by atoms with Crippen LogP contribution in [0.1, 0.15) is 47.5 Å². The number of aliphatic hydroxyl groups excluding tert-OH is 1. The zero-order chi connectivity index (χ0) is 15.1. The van der Waals surface area contributed by atoms with Gasteiger partial charge in [0.15, 0.2) is 6.04 Å². The molecule has 112 valence electrons. The Kier molecular flexibility index (Phi) is 7.44. The van der Waals surface area contributed by atoms with Gasteiger partial charge >= 0.3 is 12.1 Å². The molecule has 0 spiro atoms. The fraction of sp³-hybridized carbons (Fsp3) is 0.846. The normalized spacial score (nSPS) is 14.4. The van der Waals surface area contributed by atoms with Crippen LogP contribution in [0.2, 0.25) is 0 Å². The molecule has 0 saturated carbocycles. The highest BCUT2D eigenvalue weighted by Gasteiger charge is 2.29. The molecule has 0 bridgehead atoms. The third kappa shape index (κ3) is 8.42. The Bertz CT molecular complexity index is 296. The second-order valence-corrected chi connectivity index (χ2v) is 5.39. The van der Waals surface area contributed by atoms with Crippen molar-refractivity contribution in [1.29, 1.82) is 0 Å². The van der Waals surface area contributed by atoms with Crippen molar-refractivity contribution in [2.24, 2.45) is 0 Å². The number of carbonyl (C=O) groups is 2. The van der Waals surface area contributed by atoms with Gasteiger partial charge in [-0.2, -0.15) is 0 Å². The molecule has 6 nitrogen and oxygen atoms in total. The maximum absolute atomic E-state index is 11.7. The van der Waals surface area contributed by atoms with E-state index in [-0.39, 0.29) is 6.61 Å². The van der Waals surface area contributed by atoms with E-state index in [1.54, 1.807) is 20.8 Å². The quantitative estimate of drug-likeness (QED) is 0.568. The average molecular weight is 275 g/mol. The Labute approximate surface area is 114 Å². The van der Waals surface area contributed by atoms with Crippen LogP contribution in [-0.4, -0.2) is 41.5 Å². The molecular weight excluding hydrogens is 250 g/mol. The van der Waals surface area contributed by atoms with E-state index in [9.17, 15) is 14.7 Å². The molecule has 2 N–H and O–H groups in total. The smallest absolute Gasteiger partial charge is 0.408 e. The molecule has 2 atom stereocenters. The molecule has 1 amide bonds. The van der Waals surface area contributed by atoms with E-state index in [0.717, 1.165) is 12.8 Å². The highest BCUT2D eigenvalue weighted by molar-refractivity contribution is 5.82. The summed E-state index contributed by atoms with van der Waals surface area (Å²) >= 11 is 0. The van der Waals surface area contributed by atoms with Crippen LogP contribution in [-0.2, 0) is 14.3 Å². The lowest BCUT2D eigenvalue weighted by atomic mass is 10.2. The fourth-order valence-corrected chi connectivity index (χ4v) is 1.22. The first-order valence-corrected chi connectivity index (χ1v) is 6.51. The van der Waals surface area contributed by atoms with Crippen LogP contribution in [0.5, 0.6) is 0 Å². The fourth-order valence-electron chi connectivity index (χ4n) is 1.22. The topological polar surface area (TPSA) is 84.9 Å². The molecular formula is C13H25NO5. The number of esters is 1. The molecule has 0 radical (unpaired) electrons. The van der Waals surface area contributed by atoms with Crippen molar-refractivity contribution in [3.8, 4) is 0 Å². The van der Waals surface area contributed by atoms with Gasteiger partial charge in [0.2, 0.25) is 0 Å². The Balaban J connectivity index is 4.40. The number of hydrogen-bond acceptors (Lipinski definition) is 5. The number of nitrogens with one attached hydrogen (secondary N) is 1. The minimum absolute atomic E-state index is 0.272. The number of hydrogen-bond donors (Lipinski definition) is 2. The SMILES string of the molecule is CCCCOC(=O)[C@@H](NC(=O)OC(C)(C)C)[C@H](C)O. The number of ether oxygens (including phenoxy) is 2. The van der Waals surface area contributed by atoms with Crippen molar-refractivity contribution in [2.75, 3.05) is 6.61 Å². The van der Waals surface area contributed by atoms with Crippen molar-refractivity contribution in [1.82, 2.24) is 5.32 Å². The van der Waals surface area contributed by atoms with E-state index in [4.69, 9.17) is 9.47 Å². The van der Waals surface area contributed by atoms with Crippen LogP contribution in [0.25, 0.3) is 0 Å². The van der Waals surface area contributed by atoms with E-state index in [1.165, 1.54) is 6.92 Å². The second-order valence-electron chi connectivity index (χ2n) is 5.39. The first-order valence-electron chi connectivity index (χ1n) is 6.51. The standard InChI is InChI=1S/C13H25NO5/c1-6-7-8-18-11(16)10(9(2)15)14-12(17)19-13(3,4)5/h9-10,15H,6-8H2,1-5H3,(H,14,17)/t9-,10-/m0/s1. The van der Waals surface area contributed by atoms with Crippen LogP contribution in [0.4, 0.5) is 4.79 Å². The maximum atomic E-state index is 11.7. The Morgan fingerprint density at radius 3 is 2.32 bits per heavy atom. The molecule has 6 heteroatoms. The lowest BCUT2D eigenvalue weighted by molar-refractivity contribution is -0.149. The molecule has 0 aliphatic carbocycles. The third-order valence-electron chi connectivity index (χ3n) is 2.15. The molecule has 0 aliphatic rings. The predicted molar refractivity (Wildman–Crippen MR) is 70.7 cm³/mol. The van der Waals surface area contributed by atoms with Gasteiger partial charge in [-0.15, -0.1) is 0 Å². The van der Waals surface area contributed by atoms with Crippen molar-refractivity contribution >= 4 is 12.1 Å². The van der Waals surface area contributed by atoms with Gasteiger partial charge in [0, 0.05) is 0 Å². The second kappa shape index (κ2) is 7.99. The summed E-state index contributed by atoms with van der Waals surface area (Å²) < 4.78 is 9.99. The van der Waals surface area contributed by atoms with Gasteiger partial charge in [-0.1, -0.05) is 13.3 Å². The van der Waals surface area contributed by atoms with Gasteiger partial charge in [-0.05, 0) is 34.1 Å². The Hall–Kier alpha value is -1.30. The number of aliphatic hydroxyl groups is 1. The number of rotatable bonds is 6. The first kappa shape index (κ1) is 17.7. The van der Waals surface area contributed by atoms with Gasteiger partial charge in [-0.3, -0.25) is 0 Å². The number of alkyl carbamates (subject to hydrolysis) is 1. The molecule has 19 heavy (non-hydrogen) atoms. The highest BCUT2D eigenvalue weighted by atomic mass is 16.6. The number of carbonyl (C=O) groups excluding carboxylic acids is 2. The molecule has 0 aromatic heterocycles. The average Bonchev–Trinajstić information content (AvgIpc) is 2.23. The monoisotopic (exact) mass is 275 g/mol. The van der Waals surface area contributed by atoms with Crippen LogP contribution in [0.3, 0.4) is 0 Å². The molecule has 0 heterocycles. The largest absolute Gasteiger partial charge is 0.464 e. The molecule has 0 aromatic carbocycles. The van der Waals surface area contributed by atoms with E-state index in [0.29, 0.717) is 0 Å². The van der Waals surface area contributed by atoms with Crippen molar-refractivity contribution in [3.05, 3.63) is 0 Å². The van der Waals surface area contributed by atoms with Gasteiger partial charge in [0.1, 0.15) is 5.60 Å². The first-order chi connectivity index (χ1) is 8.67. The van der Waals surface area contributed by atoms with Gasteiger partial charge in [0.05, 0.1) is 12.7 Å². The van der Waals surface area contributed by atoms with E-state index in [1.807, 2.05) is 6.92 Å². The lowest BCUT2D eigenvalue weighted by Crippen LogP contribution is -2.50. The Morgan fingerprint density at radius 1 is 1.32 bits per heavy atom. The van der Waals surface area contributed by atoms with Crippen molar-refractivity contribution in [2.45, 2.75) is 65.2 Å². The number of unbranched alkanes of at least 4 members (excludes halogenated alkanes) is 1. The van der Waals surface area contributed by atoms with E-state index < -0.39 is 29.8 Å². The van der Waals surface area contributed by atoms with Gasteiger partial charge < -0.3 is 19.9 Å². The number of amides is 1. The Morgan fingerprint density at radius 2 is 1.89 bits per heavy atom. The molecule has 0 rings (SSSR count). The highest BCUT2D eigenvalue weighted by Crippen LogP contribution is 2.08. The summed E-state index contributed by atoms with van der Waals surface area (Å²) in [6.07, 6.45) is -0.177. The summed E-state index contributed by atoms with van der Waals surface area (Å²) in [5.74, 6) is -0.658. The van der Waals surface area contributed by atoms with Crippen LogP contribution in [0.15, 0.2) is 0 Å². The summed E-state index contributed by atoms with van der Waals surface area (Å²) in [5, 5.41) is 11.8. The minimum atomic E-state index is -1.12. The van der Waals surface area contributed by atoms with E-state index in [2.05, 4.69) is 5.32 Å². The summed E-state index contributed by atoms with van der Waals surface area (Å²) in [6, 6.07) is -1.12. The van der Waals surface area contributed by atoms with Gasteiger partial charge in [0.25, 0.3) is 0 Å². The maximum Gasteiger partial charge on any atom is 0.408 e. The summed E-state index contributed by atoms with van der Waals surface area (Å²) in [7, 11) is 0. The molecule has 0 unspecified atom stereocenters. The molecule has 0 saturated heterocycles. The lowest BCUT2D eigenvalue weighted by Gasteiger charge is -2.24. The third-order valence-corrected chi connectivity index (χ3v) is 2.15. The van der Waals surface area contributed by atoms with Gasteiger partial charge in [-0.25, -0.2) is 9.59 Å². The zero-order valence-corrected chi connectivity index (χ0v) is 12.4. The molecule has 0 aromatic rings. The summed E-state index contributed by atoms with van der Waals surface area (Å²) in [6.45, 7) is 8.78. The van der Waals surface area contributed by atoms with Crippen LogP contribution >= 0.6 is 0 Å². The van der Waals surface area contributed by atoms with Crippen LogP contribution in [0, 0.1) is 0 Å². The molecule has 0 aliphatic heterocycles. The summed E-state index contributed by atoms with van der Waals surface area (Å²) in [4.78, 5) is 23.3. The minimum Gasteiger partial charge on any atom is -0.464 e. The van der Waals surface area contributed by atoms with Crippen LogP contribution < -0.4 is 5.32 Å². The zero-order valence-electron chi connectivity index (χ0n) is 12.4. The van der Waals surface area contributed by atoms with Crippen molar-refractivity contribution in [3.63, 3.8) is 0 Å². The summed E-state index contributed by atoms with van der Waals surface area (Å²) in [5.41, 5.74) is -0.667. The van der Waals surface area contributed by atoms with E-state index >= 15 is 0 Å².